The zero-order valence-corrected chi connectivity index (χ0v) is 8.33. The molecule has 1 rings (SSSR count). The molecule has 0 radical (unpaired) electrons. The summed E-state index contributed by atoms with van der Waals surface area (Å²) in [5, 5.41) is 8.53. The standard InChI is InChI=1S/C9H3F5N2O2/c10-8(11)4-1-7(18-9(12,13)14)16-6(2-15)5(4)3-17/h1,3,8H. The van der Waals surface area contributed by atoms with E-state index in [1.807, 2.05) is 0 Å². The molecule has 0 N–H and O–H groups in total. The van der Waals surface area contributed by atoms with Crippen LogP contribution in [-0.2, 0) is 0 Å². The highest BCUT2D eigenvalue weighted by Gasteiger charge is 2.33. The SMILES string of the molecule is N#Cc1nc(OC(F)(F)F)cc(C(F)F)c1C=O. The largest absolute Gasteiger partial charge is 0.574 e. The molecule has 0 aliphatic carbocycles. The summed E-state index contributed by atoms with van der Waals surface area (Å²) in [7, 11) is 0. The van der Waals surface area contributed by atoms with Crippen molar-refractivity contribution in [1.29, 1.82) is 5.26 Å². The Bertz CT molecular complexity index is 507. The Labute approximate surface area is 96.6 Å². The first kappa shape index (κ1) is 13.8. The molecule has 4 nitrogen and oxygen atoms in total. The van der Waals surface area contributed by atoms with Crippen molar-refractivity contribution in [3.63, 3.8) is 0 Å². The number of aldehydes is 1. The summed E-state index contributed by atoms with van der Waals surface area (Å²) in [6, 6.07) is 1.51. The van der Waals surface area contributed by atoms with Gasteiger partial charge in [0, 0.05) is 11.6 Å². The van der Waals surface area contributed by atoms with Crippen molar-refractivity contribution in [1.82, 2.24) is 4.98 Å². The summed E-state index contributed by atoms with van der Waals surface area (Å²) in [6.45, 7) is 0. The second kappa shape index (κ2) is 4.95. The maximum absolute atomic E-state index is 12.5. The highest BCUT2D eigenvalue weighted by molar-refractivity contribution is 5.80. The number of hydrogen-bond acceptors (Lipinski definition) is 4. The monoisotopic (exact) mass is 266 g/mol. The molecule has 0 atom stereocenters. The van der Waals surface area contributed by atoms with Gasteiger partial charge in [-0.2, -0.15) is 5.26 Å². The lowest BCUT2D eigenvalue weighted by molar-refractivity contribution is -0.276. The van der Waals surface area contributed by atoms with Gasteiger partial charge in [-0.25, -0.2) is 13.8 Å². The second-order valence-electron chi connectivity index (χ2n) is 2.89. The highest BCUT2D eigenvalue weighted by atomic mass is 19.4. The molecule has 9 heteroatoms. The van der Waals surface area contributed by atoms with Crippen molar-refractivity contribution < 1.29 is 31.5 Å². The fourth-order valence-electron chi connectivity index (χ4n) is 1.11. The van der Waals surface area contributed by atoms with Crippen LogP contribution in [0.2, 0.25) is 0 Å². The van der Waals surface area contributed by atoms with Gasteiger partial charge in [-0.15, -0.1) is 13.2 Å². The van der Waals surface area contributed by atoms with Crippen LogP contribution in [0.5, 0.6) is 5.88 Å². The maximum Gasteiger partial charge on any atom is 0.574 e. The van der Waals surface area contributed by atoms with E-state index in [4.69, 9.17) is 5.26 Å². The molecule has 1 aromatic rings. The van der Waals surface area contributed by atoms with Crippen LogP contribution >= 0.6 is 0 Å². The molecule has 1 heterocycles. The molecular weight excluding hydrogens is 263 g/mol. The molecule has 0 amide bonds. The van der Waals surface area contributed by atoms with E-state index in [-0.39, 0.29) is 12.4 Å². The number of rotatable bonds is 3. The lowest BCUT2D eigenvalue weighted by Gasteiger charge is -2.11. The molecule has 0 unspecified atom stereocenters. The lowest BCUT2D eigenvalue weighted by Crippen LogP contribution is -2.19. The van der Waals surface area contributed by atoms with E-state index in [1.54, 1.807) is 0 Å². The van der Waals surface area contributed by atoms with Crippen molar-refractivity contribution in [2.45, 2.75) is 12.8 Å². The van der Waals surface area contributed by atoms with Crippen molar-refractivity contribution in [3.8, 4) is 11.9 Å². The maximum atomic E-state index is 12.5. The Morgan fingerprint density at radius 1 is 1.44 bits per heavy atom. The van der Waals surface area contributed by atoms with E-state index in [1.165, 1.54) is 6.07 Å². The molecule has 1 aromatic heterocycles. The van der Waals surface area contributed by atoms with Crippen molar-refractivity contribution in [3.05, 3.63) is 22.9 Å². The third-order valence-electron chi connectivity index (χ3n) is 1.75. The lowest BCUT2D eigenvalue weighted by atomic mass is 10.1. The number of carbonyl (C=O) groups is 1. The second-order valence-corrected chi connectivity index (χ2v) is 2.89. The van der Waals surface area contributed by atoms with Crippen molar-refractivity contribution in [2.75, 3.05) is 0 Å². The molecule has 0 bridgehead atoms. The van der Waals surface area contributed by atoms with Crippen LogP contribution in [0.1, 0.15) is 28.0 Å². The molecule has 0 saturated carbocycles. The van der Waals surface area contributed by atoms with Gasteiger partial charge in [0.05, 0.1) is 5.56 Å². The summed E-state index contributed by atoms with van der Waals surface area (Å²) < 4.78 is 64.0. The molecule has 0 aliphatic heterocycles. The smallest absolute Gasteiger partial charge is 0.388 e. The number of hydrogen-bond donors (Lipinski definition) is 0. The third kappa shape index (κ3) is 3.13. The minimum atomic E-state index is -5.14. The summed E-state index contributed by atoms with van der Waals surface area (Å²) in [4.78, 5) is 13.5. The third-order valence-corrected chi connectivity index (χ3v) is 1.75. The first-order valence-electron chi connectivity index (χ1n) is 4.22. The quantitative estimate of drug-likeness (QED) is 0.623. The average molecular weight is 266 g/mol. The number of aromatic nitrogens is 1. The minimum Gasteiger partial charge on any atom is -0.388 e. The summed E-state index contributed by atoms with van der Waals surface area (Å²) in [5.74, 6) is -1.22. The fourth-order valence-corrected chi connectivity index (χ4v) is 1.11. The average Bonchev–Trinajstić information content (AvgIpc) is 2.25. The van der Waals surface area contributed by atoms with Gasteiger partial charge in [-0.05, 0) is 0 Å². The van der Waals surface area contributed by atoms with Crippen LogP contribution in [0.4, 0.5) is 22.0 Å². The van der Waals surface area contributed by atoms with Gasteiger partial charge in [0.2, 0.25) is 5.88 Å². The van der Waals surface area contributed by atoms with Crippen LogP contribution in [-0.4, -0.2) is 17.6 Å². The van der Waals surface area contributed by atoms with Crippen molar-refractivity contribution >= 4 is 6.29 Å². The molecule has 0 saturated heterocycles. The number of nitrogens with zero attached hydrogens (tertiary/aromatic N) is 2. The predicted molar refractivity (Wildman–Crippen MR) is 46.0 cm³/mol. The normalized spacial score (nSPS) is 11.2. The Hall–Kier alpha value is -2.24. The van der Waals surface area contributed by atoms with Gasteiger partial charge < -0.3 is 4.74 Å². The Kier molecular flexibility index (Phi) is 3.80. The molecule has 0 aliphatic rings. The van der Waals surface area contributed by atoms with E-state index >= 15 is 0 Å². The molecule has 0 aromatic carbocycles. The van der Waals surface area contributed by atoms with Gasteiger partial charge in [0.25, 0.3) is 6.43 Å². The predicted octanol–water partition coefficient (Wildman–Crippen LogP) is 2.60. The van der Waals surface area contributed by atoms with Crippen molar-refractivity contribution in [2.24, 2.45) is 0 Å². The highest BCUT2D eigenvalue weighted by Crippen LogP contribution is 2.29. The number of halogens is 5. The molecular formula is C9H3F5N2O2. The van der Waals surface area contributed by atoms with E-state index in [2.05, 4.69) is 9.72 Å². The van der Waals surface area contributed by atoms with E-state index in [0.29, 0.717) is 0 Å². The van der Waals surface area contributed by atoms with E-state index < -0.39 is 35.5 Å². The minimum absolute atomic E-state index is 0.0790. The zero-order valence-electron chi connectivity index (χ0n) is 8.33. The molecule has 0 fully saturated rings. The number of nitriles is 1. The topological polar surface area (TPSA) is 63.0 Å². The molecule has 96 valence electrons. The summed E-state index contributed by atoms with van der Waals surface area (Å²) in [5.41, 5.74) is -2.67. The summed E-state index contributed by atoms with van der Waals surface area (Å²) >= 11 is 0. The zero-order chi connectivity index (χ0) is 13.9. The van der Waals surface area contributed by atoms with Gasteiger partial charge in [0.1, 0.15) is 6.07 Å². The van der Waals surface area contributed by atoms with Gasteiger partial charge in [-0.1, -0.05) is 0 Å². The van der Waals surface area contributed by atoms with Gasteiger partial charge in [0.15, 0.2) is 12.0 Å². The van der Waals surface area contributed by atoms with E-state index in [0.717, 1.165) is 0 Å². The van der Waals surface area contributed by atoms with E-state index in [9.17, 15) is 26.7 Å². The van der Waals surface area contributed by atoms with Crippen LogP contribution in [0.3, 0.4) is 0 Å². The number of ether oxygens (including phenoxy) is 1. The van der Waals surface area contributed by atoms with Gasteiger partial charge in [-0.3, -0.25) is 4.79 Å². The number of pyridine rings is 1. The van der Waals surface area contributed by atoms with Gasteiger partial charge >= 0.3 is 6.36 Å². The van der Waals surface area contributed by atoms with Crippen LogP contribution in [0.25, 0.3) is 0 Å². The van der Waals surface area contributed by atoms with Crippen LogP contribution in [0.15, 0.2) is 6.07 Å². The molecule has 0 spiro atoms. The fraction of sp³-hybridized carbons (Fsp3) is 0.222. The summed E-state index contributed by atoms with van der Waals surface area (Å²) in [6.07, 6.45) is -8.46. The van der Waals surface area contributed by atoms with Crippen LogP contribution in [0, 0.1) is 11.3 Å². The Morgan fingerprint density at radius 3 is 2.44 bits per heavy atom. The van der Waals surface area contributed by atoms with Crippen LogP contribution < -0.4 is 4.74 Å². The Balaban J connectivity index is 3.38. The Morgan fingerprint density at radius 2 is 2.06 bits per heavy atom. The first-order valence-corrected chi connectivity index (χ1v) is 4.22. The molecule has 18 heavy (non-hydrogen) atoms. The number of carbonyl (C=O) groups excluding carboxylic acids is 1. The first-order chi connectivity index (χ1) is 8.28. The number of alkyl halides is 5.